The fourth-order valence-corrected chi connectivity index (χ4v) is 6.16. The summed E-state index contributed by atoms with van der Waals surface area (Å²) in [6.45, 7) is 3.69. The minimum absolute atomic E-state index is 0.191. The van der Waals surface area contributed by atoms with E-state index in [1.54, 1.807) is 43.3 Å². The molecule has 42 heavy (non-hydrogen) atoms. The molecule has 226 valence electrons. The van der Waals surface area contributed by atoms with Gasteiger partial charge in [0.2, 0.25) is 10.0 Å². The van der Waals surface area contributed by atoms with Crippen molar-refractivity contribution in [1.29, 1.82) is 0 Å². The van der Waals surface area contributed by atoms with Crippen molar-refractivity contribution in [1.82, 2.24) is 14.1 Å². The van der Waals surface area contributed by atoms with Gasteiger partial charge in [-0.1, -0.05) is 42.5 Å². The van der Waals surface area contributed by atoms with Gasteiger partial charge < -0.3 is 24.8 Å². The molecule has 1 aliphatic heterocycles. The van der Waals surface area contributed by atoms with Crippen LogP contribution in [0.5, 0.6) is 11.5 Å². The smallest absolute Gasteiger partial charge is 0.410 e. The summed E-state index contributed by atoms with van der Waals surface area (Å²) in [7, 11) is -0.563. The molecular formula is C31H40N4O6S. The number of ether oxygens (including phenoxy) is 3. The van der Waals surface area contributed by atoms with Gasteiger partial charge in [0.25, 0.3) is 0 Å². The molecule has 1 aliphatic rings. The Labute approximate surface area is 248 Å². The van der Waals surface area contributed by atoms with Crippen LogP contribution in [0.1, 0.15) is 11.1 Å². The second kappa shape index (κ2) is 15.0. The minimum atomic E-state index is -3.80. The number of hydrogen-bond acceptors (Lipinski definition) is 8. The molecule has 0 saturated carbocycles. The number of likely N-dealkylation sites (N-methyl/N-ethyl adjacent to an activating group) is 1. The van der Waals surface area contributed by atoms with Gasteiger partial charge in [-0.25, -0.2) is 13.2 Å². The SMILES string of the molecule is COc1ccc(CC(CN2CCN(C(=O)OCc3ccccc3)CC2)N(C)S(=O)(=O)c2ccc(OCCN)cc2)cc1. The summed E-state index contributed by atoms with van der Waals surface area (Å²) in [6, 6.07) is 23.3. The van der Waals surface area contributed by atoms with E-state index < -0.39 is 10.0 Å². The molecule has 3 aromatic carbocycles. The standard InChI is InChI=1S/C31H40N4O6S/c1-33(42(37,38)30-14-12-29(13-15-30)40-21-16-32)27(22-25-8-10-28(39-2)11-9-25)23-34-17-19-35(20-18-34)31(36)41-24-26-6-4-3-5-7-26/h3-15,27H,16-24,32H2,1-2H3. The summed E-state index contributed by atoms with van der Waals surface area (Å²) >= 11 is 0. The molecule has 1 amide bonds. The lowest BCUT2D eigenvalue weighted by Gasteiger charge is -2.38. The number of hydrogen-bond donors (Lipinski definition) is 1. The van der Waals surface area contributed by atoms with Crippen LogP contribution in [-0.4, -0.2) is 94.7 Å². The van der Waals surface area contributed by atoms with Gasteiger partial charge in [-0.05, 0) is 53.9 Å². The van der Waals surface area contributed by atoms with Gasteiger partial charge in [0.05, 0.1) is 12.0 Å². The van der Waals surface area contributed by atoms with Crippen molar-refractivity contribution in [2.75, 3.05) is 60.0 Å². The van der Waals surface area contributed by atoms with Crippen LogP contribution in [0.25, 0.3) is 0 Å². The van der Waals surface area contributed by atoms with Crippen LogP contribution in [0, 0.1) is 0 Å². The van der Waals surface area contributed by atoms with Gasteiger partial charge in [-0.3, -0.25) is 4.90 Å². The number of carbonyl (C=O) groups excluding carboxylic acids is 1. The maximum atomic E-state index is 13.7. The molecule has 1 heterocycles. The maximum absolute atomic E-state index is 13.7. The van der Waals surface area contributed by atoms with E-state index in [0.717, 1.165) is 16.9 Å². The molecular weight excluding hydrogens is 556 g/mol. The van der Waals surface area contributed by atoms with E-state index in [4.69, 9.17) is 19.9 Å². The third-order valence-electron chi connectivity index (χ3n) is 7.34. The first-order valence-electron chi connectivity index (χ1n) is 14.0. The van der Waals surface area contributed by atoms with Crippen molar-refractivity contribution in [2.45, 2.75) is 24.0 Å². The number of benzene rings is 3. The van der Waals surface area contributed by atoms with E-state index in [1.807, 2.05) is 54.6 Å². The van der Waals surface area contributed by atoms with Gasteiger partial charge >= 0.3 is 6.09 Å². The lowest BCUT2D eigenvalue weighted by atomic mass is 10.0. The number of amides is 1. The van der Waals surface area contributed by atoms with Crippen LogP contribution in [0.3, 0.4) is 0 Å². The van der Waals surface area contributed by atoms with E-state index >= 15 is 0 Å². The molecule has 3 aromatic rings. The van der Waals surface area contributed by atoms with E-state index in [-0.39, 0.29) is 23.6 Å². The predicted molar refractivity (Wildman–Crippen MR) is 161 cm³/mol. The molecule has 0 radical (unpaired) electrons. The molecule has 0 aliphatic carbocycles. The summed E-state index contributed by atoms with van der Waals surface area (Å²) in [4.78, 5) is 16.7. The maximum Gasteiger partial charge on any atom is 0.410 e. The molecule has 1 saturated heterocycles. The molecule has 11 heteroatoms. The first-order chi connectivity index (χ1) is 20.3. The molecule has 1 unspecified atom stereocenters. The zero-order valence-electron chi connectivity index (χ0n) is 24.2. The minimum Gasteiger partial charge on any atom is -0.497 e. The first-order valence-corrected chi connectivity index (χ1v) is 15.5. The van der Waals surface area contributed by atoms with Gasteiger partial charge in [0, 0.05) is 52.4 Å². The van der Waals surface area contributed by atoms with Crippen LogP contribution in [0.15, 0.2) is 83.8 Å². The van der Waals surface area contributed by atoms with Gasteiger partial charge in [-0.15, -0.1) is 0 Å². The summed E-state index contributed by atoms with van der Waals surface area (Å²) in [5.41, 5.74) is 7.43. The zero-order chi connectivity index (χ0) is 30.0. The van der Waals surface area contributed by atoms with Crippen molar-refractivity contribution >= 4 is 16.1 Å². The third-order valence-corrected chi connectivity index (χ3v) is 9.26. The average molecular weight is 597 g/mol. The van der Waals surface area contributed by atoms with Crippen molar-refractivity contribution in [2.24, 2.45) is 5.73 Å². The lowest BCUT2D eigenvalue weighted by Crippen LogP contribution is -2.53. The number of rotatable bonds is 13. The molecule has 1 fully saturated rings. The van der Waals surface area contributed by atoms with E-state index in [1.165, 1.54) is 4.31 Å². The van der Waals surface area contributed by atoms with Crippen molar-refractivity contribution in [3.05, 3.63) is 90.0 Å². The van der Waals surface area contributed by atoms with Crippen LogP contribution < -0.4 is 15.2 Å². The Kier molecular flexibility index (Phi) is 11.2. The number of methoxy groups -OCH3 is 1. The fraction of sp³-hybridized carbons (Fsp3) is 0.387. The van der Waals surface area contributed by atoms with E-state index in [0.29, 0.717) is 58.0 Å². The van der Waals surface area contributed by atoms with Crippen LogP contribution in [-0.2, 0) is 27.8 Å². The topological polar surface area (TPSA) is 115 Å². The molecule has 2 N–H and O–H groups in total. The quantitative estimate of drug-likeness (QED) is 0.320. The highest BCUT2D eigenvalue weighted by Gasteiger charge is 2.31. The van der Waals surface area contributed by atoms with Gasteiger partial charge in [-0.2, -0.15) is 4.31 Å². The second-order valence-electron chi connectivity index (χ2n) is 10.2. The van der Waals surface area contributed by atoms with E-state index in [9.17, 15) is 13.2 Å². The van der Waals surface area contributed by atoms with Crippen LogP contribution in [0.4, 0.5) is 4.79 Å². The monoisotopic (exact) mass is 596 g/mol. The Bertz CT molecular complexity index is 1360. The van der Waals surface area contributed by atoms with Crippen molar-refractivity contribution in [3.63, 3.8) is 0 Å². The molecule has 10 nitrogen and oxygen atoms in total. The van der Waals surface area contributed by atoms with E-state index in [2.05, 4.69) is 4.90 Å². The first kappa shape index (κ1) is 31.3. The Morgan fingerprint density at radius 3 is 2.17 bits per heavy atom. The Balaban J connectivity index is 1.42. The largest absolute Gasteiger partial charge is 0.497 e. The van der Waals surface area contributed by atoms with Crippen molar-refractivity contribution in [3.8, 4) is 11.5 Å². The van der Waals surface area contributed by atoms with Crippen molar-refractivity contribution < 1.29 is 27.4 Å². The molecule has 0 bridgehead atoms. The Morgan fingerprint density at radius 1 is 0.905 bits per heavy atom. The van der Waals surface area contributed by atoms with Crippen LogP contribution in [0.2, 0.25) is 0 Å². The number of piperazine rings is 1. The fourth-order valence-electron chi connectivity index (χ4n) is 4.81. The molecule has 0 spiro atoms. The average Bonchev–Trinajstić information content (AvgIpc) is 3.03. The summed E-state index contributed by atoms with van der Waals surface area (Å²) in [6.07, 6.45) is 0.170. The molecule has 1 atom stereocenters. The number of carbonyl (C=O) groups is 1. The highest BCUT2D eigenvalue weighted by Crippen LogP contribution is 2.23. The van der Waals surface area contributed by atoms with Gasteiger partial charge in [0.15, 0.2) is 0 Å². The summed E-state index contributed by atoms with van der Waals surface area (Å²) < 4.78 is 45.2. The second-order valence-corrected chi connectivity index (χ2v) is 12.2. The number of sulfonamides is 1. The zero-order valence-corrected chi connectivity index (χ0v) is 25.0. The third kappa shape index (κ3) is 8.45. The van der Waals surface area contributed by atoms with Gasteiger partial charge in [0.1, 0.15) is 24.7 Å². The summed E-state index contributed by atoms with van der Waals surface area (Å²) in [5, 5.41) is 0. The molecule has 4 rings (SSSR count). The van der Waals surface area contributed by atoms with Crippen LogP contribution >= 0.6 is 0 Å². The molecule has 0 aromatic heterocycles. The summed E-state index contributed by atoms with van der Waals surface area (Å²) in [5.74, 6) is 1.31. The Morgan fingerprint density at radius 2 is 1.55 bits per heavy atom. The highest BCUT2D eigenvalue weighted by atomic mass is 32.2. The highest BCUT2D eigenvalue weighted by molar-refractivity contribution is 7.89. The normalized spacial score (nSPS) is 14.9. The number of nitrogens with zero attached hydrogens (tertiary/aromatic N) is 3. The Hall–Kier alpha value is -3.64. The predicted octanol–water partition coefficient (Wildman–Crippen LogP) is 3.22. The lowest BCUT2D eigenvalue weighted by molar-refractivity contribution is 0.0673. The number of nitrogens with two attached hydrogens (primary N) is 1.